The van der Waals surface area contributed by atoms with Crippen LogP contribution in [0.2, 0.25) is 5.02 Å². The molecule has 0 amide bonds. The molecule has 0 saturated carbocycles. The summed E-state index contributed by atoms with van der Waals surface area (Å²) >= 11 is 6.08. The Balaban J connectivity index is 0.000000359. The van der Waals surface area contributed by atoms with Crippen molar-refractivity contribution in [3.05, 3.63) is 34.9 Å². The second-order valence-electron chi connectivity index (χ2n) is 7.64. The minimum Gasteiger partial charge on any atom is -0.479 e. The Morgan fingerprint density at radius 1 is 1.21 bits per heavy atom. The van der Waals surface area contributed by atoms with Crippen LogP contribution in [-0.4, -0.2) is 75.7 Å². The zero-order valence-corrected chi connectivity index (χ0v) is 17.5. The van der Waals surface area contributed by atoms with Gasteiger partial charge in [0, 0.05) is 24.7 Å². The molecule has 1 aromatic carbocycles. The van der Waals surface area contributed by atoms with Crippen LogP contribution in [0.3, 0.4) is 0 Å². The Morgan fingerprint density at radius 3 is 2.28 bits per heavy atom. The number of aliphatic hydroxyl groups is 2. The molecule has 1 aromatic rings. The Morgan fingerprint density at radius 2 is 1.83 bits per heavy atom. The predicted molar refractivity (Wildman–Crippen MR) is 110 cm³/mol. The van der Waals surface area contributed by atoms with Crippen molar-refractivity contribution in [2.45, 2.75) is 39.0 Å². The molecule has 1 aliphatic heterocycles. The molecule has 0 aromatic heterocycles. The van der Waals surface area contributed by atoms with Crippen molar-refractivity contribution in [2.75, 3.05) is 26.2 Å². The number of halogens is 1. The van der Waals surface area contributed by atoms with Gasteiger partial charge in [-0.1, -0.05) is 37.6 Å². The molecule has 0 radical (unpaired) electrons. The van der Waals surface area contributed by atoms with Gasteiger partial charge in [-0.25, -0.2) is 9.59 Å². The molecule has 1 heterocycles. The van der Waals surface area contributed by atoms with Gasteiger partial charge in [0.2, 0.25) is 0 Å². The number of aliphatic hydroxyl groups excluding tert-OH is 2. The van der Waals surface area contributed by atoms with Crippen LogP contribution >= 0.6 is 11.6 Å². The fraction of sp³-hybridized carbons (Fsp3) is 0.600. The summed E-state index contributed by atoms with van der Waals surface area (Å²) in [4.78, 5) is 22.1. The van der Waals surface area contributed by atoms with E-state index in [-0.39, 0.29) is 0 Å². The molecule has 9 heteroatoms. The topological polar surface area (TPSA) is 130 Å². The van der Waals surface area contributed by atoms with Gasteiger partial charge in [0.05, 0.1) is 0 Å². The van der Waals surface area contributed by atoms with E-state index in [9.17, 15) is 9.59 Å². The van der Waals surface area contributed by atoms with E-state index in [1.165, 1.54) is 31.6 Å². The van der Waals surface area contributed by atoms with Gasteiger partial charge in [0.1, 0.15) is 0 Å². The molecule has 5 N–H and O–H groups in total. The maximum atomic E-state index is 9.77. The van der Waals surface area contributed by atoms with Gasteiger partial charge >= 0.3 is 11.9 Å². The van der Waals surface area contributed by atoms with Crippen molar-refractivity contribution < 1.29 is 30.0 Å². The summed E-state index contributed by atoms with van der Waals surface area (Å²) in [7, 11) is 0. The summed E-state index contributed by atoms with van der Waals surface area (Å²) < 4.78 is 0. The van der Waals surface area contributed by atoms with Gasteiger partial charge in [-0.3, -0.25) is 4.90 Å². The standard InChI is InChI=1S/C16H25ClN2.C4H6O6/c1-13(2)10-19(12-15-6-7-18-9-15)11-14-4-3-5-16(17)8-14;5-1(3(7)8)2(6)4(9)10/h3-5,8,13,15,18H,6-7,9-12H2,1-2H3;1-2,5-6H,(H,7,8)(H,9,10)/t15-;/m1./s1. The average Bonchev–Trinajstić information content (AvgIpc) is 3.13. The molecule has 0 bridgehead atoms. The number of carbonyl (C=O) groups is 2. The van der Waals surface area contributed by atoms with Crippen LogP contribution in [0, 0.1) is 11.8 Å². The van der Waals surface area contributed by atoms with Crippen LogP contribution in [0.25, 0.3) is 0 Å². The Bertz CT molecular complexity index is 634. The fourth-order valence-corrected chi connectivity index (χ4v) is 3.33. The first-order valence-electron chi connectivity index (χ1n) is 9.59. The van der Waals surface area contributed by atoms with Crippen molar-refractivity contribution in [3.8, 4) is 0 Å². The molecule has 164 valence electrons. The van der Waals surface area contributed by atoms with Crippen molar-refractivity contribution in [1.29, 1.82) is 0 Å². The van der Waals surface area contributed by atoms with Crippen LogP contribution in [0.15, 0.2) is 24.3 Å². The first-order valence-corrected chi connectivity index (χ1v) is 9.97. The average molecular weight is 431 g/mol. The van der Waals surface area contributed by atoms with E-state index in [4.69, 9.17) is 32.0 Å². The molecular formula is C20H31ClN2O6. The first kappa shape index (κ1) is 25.3. The molecule has 3 atom stereocenters. The molecular weight excluding hydrogens is 400 g/mol. The molecule has 29 heavy (non-hydrogen) atoms. The smallest absolute Gasteiger partial charge is 0.335 e. The third-order valence-corrected chi connectivity index (χ3v) is 4.64. The van der Waals surface area contributed by atoms with Gasteiger partial charge in [-0.05, 0) is 49.0 Å². The van der Waals surface area contributed by atoms with Crippen LogP contribution in [-0.2, 0) is 16.1 Å². The Kier molecular flexibility index (Phi) is 11.2. The highest BCUT2D eigenvalue weighted by Crippen LogP contribution is 2.16. The SMILES string of the molecule is CC(C)CN(Cc1cccc(Cl)c1)C[C@@H]1CCNC1.O=C(O)C(O)C(O)C(=O)O. The second-order valence-corrected chi connectivity index (χ2v) is 8.08. The number of hydrogen-bond donors (Lipinski definition) is 5. The van der Waals surface area contributed by atoms with Gasteiger partial charge in [0.25, 0.3) is 0 Å². The van der Waals surface area contributed by atoms with Gasteiger partial charge in [0.15, 0.2) is 12.2 Å². The number of carboxylic acid groups (broad SMARTS) is 2. The molecule has 1 saturated heterocycles. The highest BCUT2D eigenvalue weighted by Gasteiger charge is 2.29. The zero-order valence-electron chi connectivity index (χ0n) is 16.8. The highest BCUT2D eigenvalue weighted by molar-refractivity contribution is 6.30. The van der Waals surface area contributed by atoms with Crippen LogP contribution in [0.1, 0.15) is 25.8 Å². The summed E-state index contributed by atoms with van der Waals surface area (Å²) in [5.74, 6) is -2.03. The summed E-state index contributed by atoms with van der Waals surface area (Å²) in [5.41, 5.74) is 1.32. The van der Waals surface area contributed by atoms with E-state index in [0.29, 0.717) is 5.92 Å². The van der Waals surface area contributed by atoms with Crippen molar-refractivity contribution in [1.82, 2.24) is 10.2 Å². The van der Waals surface area contributed by atoms with Gasteiger partial charge in [-0.2, -0.15) is 0 Å². The summed E-state index contributed by atoms with van der Waals surface area (Å²) in [6, 6.07) is 8.25. The highest BCUT2D eigenvalue weighted by atomic mass is 35.5. The number of hydrogen-bond acceptors (Lipinski definition) is 6. The third-order valence-electron chi connectivity index (χ3n) is 4.40. The number of aliphatic carboxylic acids is 2. The monoisotopic (exact) mass is 430 g/mol. The van der Waals surface area contributed by atoms with Crippen molar-refractivity contribution >= 4 is 23.5 Å². The summed E-state index contributed by atoms with van der Waals surface area (Å²) in [6.07, 6.45) is -3.22. The van der Waals surface area contributed by atoms with Crippen LogP contribution in [0.4, 0.5) is 0 Å². The van der Waals surface area contributed by atoms with E-state index >= 15 is 0 Å². The maximum Gasteiger partial charge on any atom is 0.335 e. The number of nitrogens with zero attached hydrogens (tertiary/aromatic N) is 1. The van der Waals surface area contributed by atoms with Crippen LogP contribution < -0.4 is 5.32 Å². The van der Waals surface area contributed by atoms with Gasteiger partial charge in [-0.15, -0.1) is 0 Å². The lowest BCUT2D eigenvalue weighted by Crippen LogP contribution is -2.39. The van der Waals surface area contributed by atoms with E-state index in [2.05, 4.69) is 36.2 Å². The number of nitrogens with one attached hydrogen (secondary N) is 1. The minimum absolute atomic E-state index is 0.702. The maximum absolute atomic E-state index is 9.77. The fourth-order valence-electron chi connectivity index (χ4n) is 3.12. The quantitative estimate of drug-likeness (QED) is 0.396. The van der Waals surface area contributed by atoms with E-state index in [0.717, 1.165) is 24.0 Å². The van der Waals surface area contributed by atoms with E-state index < -0.39 is 24.1 Å². The predicted octanol–water partition coefficient (Wildman–Crippen LogP) is 1.28. The van der Waals surface area contributed by atoms with E-state index in [1.54, 1.807) is 0 Å². The first-order chi connectivity index (χ1) is 13.6. The second kappa shape index (κ2) is 12.8. The van der Waals surface area contributed by atoms with Gasteiger partial charge < -0.3 is 25.7 Å². The zero-order chi connectivity index (χ0) is 22.0. The minimum atomic E-state index is -2.27. The van der Waals surface area contributed by atoms with Crippen molar-refractivity contribution in [2.24, 2.45) is 11.8 Å². The number of benzene rings is 1. The molecule has 2 unspecified atom stereocenters. The number of rotatable bonds is 9. The Hall–Kier alpha value is -1.71. The van der Waals surface area contributed by atoms with E-state index in [1.807, 2.05) is 12.1 Å². The molecule has 0 spiro atoms. The van der Waals surface area contributed by atoms with Crippen molar-refractivity contribution in [3.63, 3.8) is 0 Å². The largest absolute Gasteiger partial charge is 0.479 e. The lowest BCUT2D eigenvalue weighted by atomic mass is 10.1. The molecule has 0 aliphatic carbocycles. The lowest BCUT2D eigenvalue weighted by Gasteiger charge is -2.27. The van der Waals surface area contributed by atoms with Crippen LogP contribution in [0.5, 0.6) is 0 Å². The lowest BCUT2D eigenvalue weighted by molar-refractivity contribution is -0.165. The third kappa shape index (κ3) is 10.0. The summed E-state index contributed by atoms with van der Waals surface area (Å²) in [5, 5.41) is 36.8. The normalized spacial score (nSPS) is 18.2. The Labute approximate surface area is 176 Å². The number of carboxylic acids is 2. The molecule has 1 fully saturated rings. The summed E-state index contributed by atoms with van der Waals surface area (Å²) in [6.45, 7) is 10.3. The molecule has 1 aliphatic rings. The molecule has 8 nitrogen and oxygen atoms in total. The molecule has 2 rings (SSSR count).